The molecule has 0 saturated carbocycles. The van der Waals surface area contributed by atoms with Crippen molar-refractivity contribution >= 4 is 27.3 Å². The van der Waals surface area contributed by atoms with Crippen molar-refractivity contribution in [1.29, 1.82) is 0 Å². The Morgan fingerprint density at radius 3 is 2.93 bits per heavy atom. The number of rotatable bonds is 6. The van der Waals surface area contributed by atoms with Crippen LogP contribution in [0.3, 0.4) is 0 Å². The topological polar surface area (TPSA) is 30.5 Å². The molecule has 0 aliphatic heterocycles. The van der Waals surface area contributed by atoms with Crippen LogP contribution in [0.25, 0.3) is 0 Å². The fourth-order valence-corrected chi connectivity index (χ4v) is 2.36. The second kappa shape index (κ2) is 6.53. The van der Waals surface area contributed by atoms with Crippen LogP contribution >= 0.6 is 27.3 Å². The zero-order valence-corrected chi connectivity index (χ0v) is 10.7. The summed E-state index contributed by atoms with van der Waals surface area (Å²) < 4.78 is 5.98. The van der Waals surface area contributed by atoms with Gasteiger partial charge in [-0.15, -0.1) is 11.3 Å². The first-order valence-electron chi connectivity index (χ1n) is 4.34. The Balaban J connectivity index is 2.25. The Morgan fingerprint density at radius 1 is 1.57 bits per heavy atom. The van der Waals surface area contributed by atoms with Gasteiger partial charge in [-0.1, -0.05) is 0 Å². The van der Waals surface area contributed by atoms with E-state index in [1.807, 2.05) is 0 Å². The SMILES string of the molecule is COCCONC(C)c1cc(Br)cs1. The van der Waals surface area contributed by atoms with E-state index in [2.05, 4.69) is 39.8 Å². The highest BCUT2D eigenvalue weighted by atomic mass is 79.9. The van der Waals surface area contributed by atoms with E-state index in [0.29, 0.717) is 13.2 Å². The van der Waals surface area contributed by atoms with E-state index in [1.54, 1.807) is 18.4 Å². The number of ether oxygens (including phenoxy) is 1. The molecule has 0 aliphatic carbocycles. The molecule has 0 spiro atoms. The average Bonchev–Trinajstić information content (AvgIpc) is 2.59. The highest BCUT2D eigenvalue weighted by Gasteiger charge is 2.06. The van der Waals surface area contributed by atoms with Crippen LogP contribution < -0.4 is 5.48 Å². The maximum atomic E-state index is 5.22. The van der Waals surface area contributed by atoms with E-state index < -0.39 is 0 Å². The number of hydrogen-bond acceptors (Lipinski definition) is 4. The first kappa shape index (κ1) is 12.1. The number of thiophene rings is 1. The van der Waals surface area contributed by atoms with Gasteiger partial charge in [-0.3, -0.25) is 4.84 Å². The number of halogens is 1. The van der Waals surface area contributed by atoms with Crippen LogP contribution in [0.4, 0.5) is 0 Å². The van der Waals surface area contributed by atoms with Crippen molar-refractivity contribution in [1.82, 2.24) is 5.48 Å². The third kappa shape index (κ3) is 4.06. The molecule has 0 fully saturated rings. The van der Waals surface area contributed by atoms with Crippen molar-refractivity contribution in [3.63, 3.8) is 0 Å². The lowest BCUT2D eigenvalue weighted by Gasteiger charge is -2.11. The summed E-state index contributed by atoms with van der Waals surface area (Å²) in [5.41, 5.74) is 2.96. The molecule has 14 heavy (non-hydrogen) atoms. The van der Waals surface area contributed by atoms with Crippen molar-refractivity contribution in [2.75, 3.05) is 20.3 Å². The molecule has 1 aromatic heterocycles. The maximum absolute atomic E-state index is 5.22. The summed E-state index contributed by atoms with van der Waals surface area (Å²) in [7, 11) is 1.66. The smallest absolute Gasteiger partial charge is 0.0916 e. The largest absolute Gasteiger partial charge is 0.382 e. The second-order valence-electron chi connectivity index (χ2n) is 2.85. The Kier molecular flexibility index (Phi) is 5.66. The monoisotopic (exact) mass is 279 g/mol. The number of hydroxylamine groups is 1. The molecule has 0 radical (unpaired) electrons. The second-order valence-corrected chi connectivity index (χ2v) is 4.71. The van der Waals surface area contributed by atoms with Crippen molar-refractivity contribution < 1.29 is 9.57 Å². The lowest BCUT2D eigenvalue weighted by Crippen LogP contribution is -2.20. The van der Waals surface area contributed by atoms with E-state index in [0.717, 1.165) is 4.47 Å². The van der Waals surface area contributed by atoms with Gasteiger partial charge in [-0.25, -0.2) is 0 Å². The van der Waals surface area contributed by atoms with Crippen LogP contribution in [0.1, 0.15) is 17.8 Å². The Hall–Kier alpha value is 0.0600. The van der Waals surface area contributed by atoms with Crippen molar-refractivity contribution in [2.24, 2.45) is 0 Å². The van der Waals surface area contributed by atoms with E-state index in [9.17, 15) is 0 Å². The van der Waals surface area contributed by atoms with Crippen LogP contribution in [-0.4, -0.2) is 20.3 Å². The van der Waals surface area contributed by atoms with Crippen LogP contribution in [0, 0.1) is 0 Å². The highest BCUT2D eigenvalue weighted by Crippen LogP contribution is 2.25. The van der Waals surface area contributed by atoms with Crippen molar-refractivity contribution in [3.8, 4) is 0 Å². The molecule has 0 aliphatic rings. The summed E-state index contributed by atoms with van der Waals surface area (Å²) in [6, 6.07) is 2.30. The van der Waals surface area contributed by atoms with Gasteiger partial charge in [0, 0.05) is 21.8 Å². The molecule has 0 saturated heterocycles. The Bertz CT molecular complexity index is 267. The van der Waals surface area contributed by atoms with Crippen molar-refractivity contribution in [2.45, 2.75) is 13.0 Å². The molecule has 0 bridgehead atoms. The molecule has 1 N–H and O–H groups in total. The standard InChI is InChI=1S/C9H14BrNO2S/c1-7(11-13-4-3-12-2)9-5-8(10)6-14-9/h5-7,11H,3-4H2,1-2H3. The van der Waals surface area contributed by atoms with Gasteiger partial charge in [-0.05, 0) is 28.9 Å². The Morgan fingerprint density at radius 2 is 2.36 bits per heavy atom. The van der Waals surface area contributed by atoms with Gasteiger partial charge < -0.3 is 4.74 Å². The fourth-order valence-electron chi connectivity index (χ4n) is 0.922. The third-order valence-corrected chi connectivity index (χ3v) is 3.54. The third-order valence-electron chi connectivity index (χ3n) is 1.66. The van der Waals surface area contributed by atoms with E-state index in [4.69, 9.17) is 9.57 Å². The average molecular weight is 280 g/mol. The molecule has 3 nitrogen and oxygen atoms in total. The van der Waals surface area contributed by atoms with E-state index in [1.165, 1.54) is 4.88 Å². The van der Waals surface area contributed by atoms with Gasteiger partial charge in [0.05, 0.1) is 19.3 Å². The molecule has 80 valence electrons. The predicted octanol–water partition coefficient (Wildman–Crippen LogP) is 2.74. The summed E-state index contributed by atoms with van der Waals surface area (Å²) in [5.74, 6) is 0. The molecule has 1 rings (SSSR count). The molecular formula is C9H14BrNO2S. The van der Waals surface area contributed by atoms with Gasteiger partial charge in [0.1, 0.15) is 0 Å². The van der Waals surface area contributed by atoms with Gasteiger partial charge in [0.15, 0.2) is 0 Å². The lowest BCUT2D eigenvalue weighted by molar-refractivity contribution is -0.00868. The van der Waals surface area contributed by atoms with Crippen LogP contribution in [0.15, 0.2) is 15.9 Å². The number of hydrogen-bond donors (Lipinski definition) is 1. The van der Waals surface area contributed by atoms with Crippen LogP contribution in [-0.2, 0) is 9.57 Å². The first-order valence-corrected chi connectivity index (χ1v) is 6.01. The highest BCUT2D eigenvalue weighted by molar-refractivity contribution is 9.10. The minimum Gasteiger partial charge on any atom is -0.382 e. The maximum Gasteiger partial charge on any atom is 0.0916 e. The summed E-state index contributed by atoms with van der Waals surface area (Å²) >= 11 is 5.12. The summed E-state index contributed by atoms with van der Waals surface area (Å²) in [6.07, 6.45) is 0. The van der Waals surface area contributed by atoms with E-state index in [-0.39, 0.29) is 6.04 Å². The molecule has 1 heterocycles. The zero-order valence-electron chi connectivity index (χ0n) is 8.25. The quantitative estimate of drug-likeness (QED) is 0.642. The number of nitrogens with one attached hydrogen (secondary N) is 1. The Labute approximate surface area is 96.5 Å². The van der Waals surface area contributed by atoms with Gasteiger partial charge in [0.2, 0.25) is 0 Å². The summed E-state index contributed by atoms with van der Waals surface area (Å²) in [6.45, 7) is 3.23. The minimum atomic E-state index is 0.211. The lowest BCUT2D eigenvalue weighted by atomic mass is 10.3. The molecule has 1 unspecified atom stereocenters. The summed E-state index contributed by atoms with van der Waals surface area (Å²) in [5, 5.41) is 2.06. The van der Waals surface area contributed by atoms with Crippen LogP contribution in [0.2, 0.25) is 0 Å². The minimum absolute atomic E-state index is 0.211. The van der Waals surface area contributed by atoms with Crippen LogP contribution in [0.5, 0.6) is 0 Å². The number of methoxy groups -OCH3 is 1. The molecule has 1 aromatic rings. The predicted molar refractivity (Wildman–Crippen MR) is 61.4 cm³/mol. The zero-order chi connectivity index (χ0) is 10.4. The van der Waals surface area contributed by atoms with Gasteiger partial charge >= 0.3 is 0 Å². The first-order chi connectivity index (χ1) is 6.74. The van der Waals surface area contributed by atoms with E-state index >= 15 is 0 Å². The molecule has 1 atom stereocenters. The summed E-state index contributed by atoms with van der Waals surface area (Å²) in [4.78, 5) is 6.46. The normalized spacial score (nSPS) is 13.1. The molecule has 0 aromatic carbocycles. The van der Waals surface area contributed by atoms with Gasteiger partial charge in [0.25, 0.3) is 0 Å². The molecule has 5 heteroatoms. The van der Waals surface area contributed by atoms with Gasteiger partial charge in [-0.2, -0.15) is 5.48 Å². The molecule has 0 amide bonds. The van der Waals surface area contributed by atoms with Crippen molar-refractivity contribution in [3.05, 3.63) is 20.8 Å². The molecular weight excluding hydrogens is 266 g/mol. The fraction of sp³-hybridized carbons (Fsp3) is 0.556.